The SMILES string of the molecule is COc1ccc(C2C=C(Nc3cc(Cl)ccc3O)CC(=O)C2)cc1. The van der Waals surface area contributed by atoms with Crippen molar-refractivity contribution in [1.29, 1.82) is 0 Å². The van der Waals surface area contributed by atoms with E-state index >= 15 is 0 Å². The number of aromatic hydroxyl groups is 1. The lowest BCUT2D eigenvalue weighted by molar-refractivity contribution is -0.118. The van der Waals surface area contributed by atoms with E-state index in [4.69, 9.17) is 16.3 Å². The molecule has 4 nitrogen and oxygen atoms in total. The molecule has 0 spiro atoms. The van der Waals surface area contributed by atoms with Crippen LogP contribution in [0.3, 0.4) is 0 Å². The molecular weight excluding hydrogens is 326 g/mol. The highest BCUT2D eigenvalue weighted by Crippen LogP contribution is 2.33. The summed E-state index contributed by atoms with van der Waals surface area (Å²) in [6.45, 7) is 0. The highest BCUT2D eigenvalue weighted by Gasteiger charge is 2.22. The van der Waals surface area contributed by atoms with Gasteiger partial charge in [0.25, 0.3) is 0 Å². The predicted octanol–water partition coefficient (Wildman–Crippen LogP) is 4.50. The van der Waals surface area contributed by atoms with Crippen molar-refractivity contribution >= 4 is 23.1 Å². The van der Waals surface area contributed by atoms with Crippen molar-refractivity contribution in [2.45, 2.75) is 18.8 Å². The summed E-state index contributed by atoms with van der Waals surface area (Å²) in [4.78, 5) is 12.1. The molecule has 1 unspecified atom stereocenters. The zero-order valence-corrected chi connectivity index (χ0v) is 14.0. The van der Waals surface area contributed by atoms with Crippen LogP contribution in [0.25, 0.3) is 0 Å². The summed E-state index contributed by atoms with van der Waals surface area (Å²) in [5.41, 5.74) is 2.32. The van der Waals surface area contributed by atoms with Gasteiger partial charge in [0, 0.05) is 29.5 Å². The second-order valence-electron chi connectivity index (χ2n) is 5.78. The fraction of sp³-hybridized carbons (Fsp3) is 0.211. The van der Waals surface area contributed by atoms with Gasteiger partial charge in [0.2, 0.25) is 0 Å². The van der Waals surface area contributed by atoms with Gasteiger partial charge in [0.15, 0.2) is 0 Å². The van der Waals surface area contributed by atoms with Gasteiger partial charge in [-0.3, -0.25) is 4.79 Å². The molecule has 0 radical (unpaired) electrons. The van der Waals surface area contributed by atoms with E-state index in [9.17, 15) is 9.90 Å². The van der Waals surface area contributed by atoms with Gasteiger partial charge in [-0.25, -0.2) is 0 Å². The Labute approximate surface area is 145 Å². The first-order valence-electron chi connectivity index (χ1n) is 7.67. The molecule has 0 fully saturated rings. The monoisotopic (exact) mass is 343 g/mol. The highest BCUT2D eigenvalue weighted by molar-refractivity contribution is 6.30. The molecule has 124 valence electrons. The highest BCUT2D eigenvalue weighted by atomic mass is 35.5. The average Bonchev–Trinajstić information content (AvgIpc) is 2.58. The second kappa shape index (κ2) is 6.97. The van der Waals surface area contributed by atoms with E-state index in [0.29, 0.717) is 23.6 Å². The lowest BCUT2D eigenvalue weighted by Gasteiger charge is -2.22. The Kier molecular flexibility index (Phi) is 4.76. The van der Waals surface area contributed by atoms with Gasteiger partial charge < -0.3 is 15.2 Å². The van der Waals surface area contributed by atoms with Gasteiger partial charge in [-0.2, -0.15) is 0 Å². The van der Waals surface area contributed by atoms with Crippen LogP contribution in [-0.2, 0) is 4.79 Å². The maximum absolute atomic E-state index is 12.1. The van der Waals surface area contributed by atoms with Crippen molar-refractivity contribution in [1.82, 2.24) is 0 Å². The van der Waals surface area contributed by atoms with Gasteiger partial charge in [0.05, 0.1) is 12.8 Å². The van der Waals surface area contributed by atoms with Crippen LogP contribution >= 0.6 is 11.6 Å². The number of phenolic OH excluding ortho intramolecular Hbond substituents is 1. The molecule has 0 saturated heterocycles. The zero-order chi connectivity index (χ0) is 17.1. The van der Waals surface area contributed by atoms with Crippen molar-refractivity contribution < 1.29 is 14.6 Å². The van der Waals surface area contributed by atoms with E-state index in [-0.39, 0.29) is 17.5 Å². The number of carbonyl (C=O) groups is 1. The minimum atomic E-state index is 0.000910. The number of phenols is 1. The number of carbonyl (C=O) groups excluding carboxylic acids is 1. The quantitative estimate of drug-likeness (QED) is 0.803. The Hall–Kier alpha value is -2.46. The van der Waals surface area contributed by atoms with Crippen LogP contribution in [0.5, 0.6) is 11.5 Å². The molecule has 1 atom stereocenters. The molecule has 0 amide bonds. The number of Topliss-reactive ketones (excluding diaryl/α,β-unsaturated/α-hetero) is 1. The number of ketones is 1. The van der Waals surface area contributed by atoms with Gasteiger partial charge in [-0.1, -0.05) is 29.8 Å². The van der Waals surface area contributed by atoms with Gasteiger partial charge in [0.1, 0.15) is 17.3 Å². The summed E-state index contributed by atoms with van der Waals surface area (Å²) in [6.07, 6.45) is 2.82. The Balaban J connectivity index is 1.85. The Morgan fingerprint density at radius 1 is 1.21 bits per heavy atom. The van der Waals surface area contributed by atoms with Crippen molar-refractivity contribution in [3.63, 3.8) is 0 Å². The van der Waals surface area contributed by atoms with E-state index in [2.05, 4.69) is 5.32 Å². The number of rotatable bonds is 4. The van der Waals surface area contributed by atoms with Crippen LogP contribution in [0.4, 0.5) is 5.69 Å². The minimum absolute atomic E-state index is 0.000910. The first-order chi connectivity index (χ1) is 11.5. The molecule has 0 saturated carbocycles. The molecule has 0 aliphatic heterocycles. The molecule has 0 heterocycles. The van der Waals surface area contributed by atoms with Crippen LogP contribution in [0, 0.1) is 0 Å². The third-order valence-corrected chi connectivity index (χ3v) is 4.27. The smallest absolute Gasteiger partial charge is 0.139 e. The normalized spacial score (nSPS) is 17.3. The van der Waals surface area contributed by atoms with Crippen molar-refractivity contribution in [2.75, 3.05) is 12.4 Å². The summed E-state index contributed by atoms with van der Waals surface area (Å²) >= 11 is 5.97. The van der Waals surface area contributed by atoms with Gasteiger partial charge >= 0.3 is 0 Å². The first kappa shape index (κ1) is 16.4. The number of hydrogen-bond acceptors (Lipinski definition) is 4. The number of ether oxygens (including phenoxy) is 1. The number of halogens is 1. The molecule has 2 aromatic rings. The first-order valence-corrected chi connectivity index (χ1v) is 8.05. The predicted molar refractivity (Wildman–Crippen MR) is 94.8 cm³/mol. The number of benzene rings is 2. The fourth-order valence-corrected chi connectivity index (χ4v) is 3.00. The summed E-state index contributed by atoms with van der Waals surface area (Å²) in [7, 11) is 1.62. The molecule has 0 bridgehead atoms. The number of methoxy groups -OCH3 is 1. The maximum atomic E-state index is 12.1. The van der Waals surface area contributed by atoms with Crippen LogP contribution in [0.1, 0.15) is 24.3 Å². The molecule has 24 heavy (non-hydrogen) atoms. The Morgan fingerprint density at radius 3 is 2.67 bits per heavy atom. The van der Waals surface area contributed by atoms with E-state index in [1.54, 1.807) is 19.2 Å². The van der Waals surface area contributed by atoms with Crippen LogP contribution < -0.4 is 10.1 Å². The molecule has 2 aromatic carbocycles. The van der Waals surface area contributed by atoms with E-state index in [0.717, 1.165) is 17.0 Å². The van der Waals surface area contributed by atoms with E-state index < -0.39 is 0 Å². The molecule has 0 aromatic heterocycles. The van der Waals surface area contributed by atoms with E-state index in [1.807, 2.05) is 30.3 Å². The summed E-state index contributed by atoms with van der Waals surface area (Å²) < 4.78 is 5.17. The second-order valence-corrected chi connectivity index (χ2v) is 6.21. The maximum Gasteiger partial charge on any atom is 0.139 e. The van der Waals surface area contributed by atoms with Crippen molar-refractivity contribution in [3.8, 4) is 11.5 Å². The largest absolute Gasteiger partial charge is 0.506 e. The van der Waals surface area contributed by atoms with Crippen molar-refractivity contribution in [2.24, 2.45) is 0 Å². The van der Waals surface area contributed by atoms with Crippen LogP contribution in [-0.4, -0.2) is 18.0 Å². The van der Waals surface area contributed by atoms with Crippen molar-refractivity contribution in [3.05, 3.63) is 64.8 Å². The Morgan fingerprint density at radius 2 is 1.96 bits per heavy atom. The third-order valence-electron chi connectivity index (χ3n) is 4.04. The topological polar surface area (TPSA) is 58.6 Å². The summed E-state index contributed by atoms with van der Waals surface area (Å²) in [5, 5.41) is 13.6. The zero-order valence-electron chi connectivity index (χ0n) is 13.3. The minimum Gasteiger partial charge on any atom is -0.506 e. The van der Waals surface area contributed by atoms with Gasteiger partial charge in [-0.15, -0.1) is 0 Å². The molecule has 1 aliphatic carbocycles. The number of anilines is 1. The van der Waals surface area contributed by atoms with Crippen LogP contribution in [0.15, 0.2) is 54.2 Å². The molecule has 3 rings (SSSR count). The number of nitrogens with one attached hydrogen (secondary N) is 1. The lowest BCUT2D eigenvalue weighted by Crippen LogP contribution is -2.16. The number of allylic oxidation sites excluding steroid dienone is 2. The van der Waals surface area contributed by atoms with E-state index in [1.165, 1.54) is 6.07 Å². The summed E-state index contributed by atoms with van der Waals surface area (Å²) in [6, 6.07) is 12.5. The fourth-order valence-electron chi connectivity index (χ4n) is 2.82. The van der Waals surface area contributed by atoms with Gasteiger partial charge in [-0.05, 0) is 35.9 Å². The third kappa shape index (κ3) is 3.71. The molecule has 1 aliphatic rings. The average molecular weight is 344 g/mol. The standard InChI is InChI=1S/C19H18ClNO3/c1-24-17-5-2-12(3-6-17)13-8-15(11-16(22)9-13)21-18-10-14(20)4-7-19(18)23/h2-8,10,13,21,23H,9,11H2,1H3. The lowest BCUT2D eigenvalue weighted by atomic mass is 9.87. The summed E-state index contributed by atoms with van der Waals surface area (Å²) in [5.74, 6) is 1.04. The molecule has 2 N–H and O–H groups in total. The molecular formula is C19H18ClNO3. The Bertz CT molecular complexity index is 784. The van der Waals surface area contributed by atoms with Crippen LogP contribution in [0.2, 0.25) is 5.02 Å². The number of hydrogen-bond donors (Lipinski definition) is 2. The molecule has 5 heteroatoms.